The zero-order chi connectivity index (χ0) is 13.9. The van der Waals surface area contributed by atoms with Crippen LogP contribution in [0.1, 0.15) is 12.0 Å². The molecule has 0 aliphatic carbocycles. The van der Waals surface area contributed by atoms with Crippen molar-refractivity contribution in [2.24, 2.45) is 5.73 Å². The highest BCUT2D eigenvalue weighted by atomic mass is 16.5. The number of nitrogens with two attached hydrogens (primary N) is 1. The lowest BCUT2D eigenvalue weighted by atomic mass is 9.98. The second kappa shape index (κ2) is 5.38. The van der Waals surface area contributed by atoms with Crippen molar-refractivity contribution in [3.8, 4) is 0 Å². The monoisotopic (exact) mass is 264 g/mol. The summed E-state index contributed by atoms with van der Waals surface area (Å²) in [5, 5.41) is 11.5. The van der Waals surface area contributed by atoms with Gasteiger partial charge in [0.05, 0.1) is 13.0 Å². The van der Waals surface area contributed by atoms with Gasteiger partial charge in [0.25, 0.3) is 0 Å². The van der Waals surface area contributed by atoms with Crippen LogP contribution in [-0.4, -0.2) is 35.7 Å². The number of anilines is 1. The summed E-state index contributed by atoms with van der Waals surface area (Å²) in [6.45, 7) is 0.640. The summed E-state index contributed by atoms with van der Waals surface area (Å²) in [6.07, 6.45) is 0.310. The first kappa shape index (κ1) is 13.5. The van der Waals surface area contributed by atoms with Crippen molar-refractivity contribution < 1.29 is 19.4 Å². The lowest BCUT2D eigenvalue weighted by molar-refractivity contribution is -0.136. The number of carbonyl (C=O) groups is 2. The highest BCUT2D eigenvalue weighted by Crippen LogP contribution is 2.21. The number of rotatable bonds is 4. The molecule has 2 rings (SSSR count). The number of carboxylic acid groups (broad SMARTS) is 1. The number of nitrogens with one attached hydrogen (secondary N) is 1. The summed E-state index contributed by atoms with van der Waals surface area (Å²) in [5.74, 6) is -1.30. The first-order chi connectivity index (χ1) is 9.01. The van der Waals surface area contributed by atoms with Gasteiger partial charge in [-0.2, -0.15) is 0 Å². The fraction of sp³-hybridized carbons (Fsp3) is 0.385. The van der Waals surface area contributed by atoms with E-state index in [0.29, 0.717) is 24.3 Å². The normalized spacial score (nSPS) is 22.2. The number of para-hydroxylation sites is 1. The minimum absolute atomic E-state index is 0.148. The van der Waals surface area contributed by atoms with Gasteiger partial charge in [0, 0.05) is 12.3 Å². The van der Waals surface area contributed by atoms with E-state index in [1.54, 1.807) is 24.3 Å². The zero-order valence-electron chi connectivity index (χ0n) is 10.4. The summed E-state index contributed by atoms with van der Waals surface area (Å²) >= 11 is 0. The Morgan fingerprint density at radius 1 is 1.42 bits per heavy atom. The molecule has 0 aromatic heterocycles. The third-order valence-corrected chi connectivity index (χ3v) is 3.11. The van der Waals surface area contributed by atoms with Gasteiger partial charge in [0.15, 0.2) is 0 Å². The zero-order valence-corrected chi connectivity index (χ0v) is 10.4. The van der Waals surface area contributed by atoms with E-state index in [2.05, 4.69) is 5.32 Å². The van der Waals surface area contributed by atoms with Crippen molar-refractivity contribution in [1.29, 1.82) is 0 Å². The summed E-state index contributed by atoms with van der Waals surface area (Å²) in [5.41, 5.74) is 5.94. The van der Waals surface area contributed by atoms with Gasteiger partial charge in [-0.15, -0.1) is 0 Å². The van der Waals surface area contributed by atoms with E-state index in [1.807, 2.05) is 0 Å². The highest BCUT2D eigenvalue weighted by molar-refractivity contribution is 5.99. The predicted molar refractivity (Wildman–Crippen MR) is 68.8 cm³/mol. The van der Waals surface area contributed by atoms with Crippen LogP contribution in [0.5, 0.6) is 0 Å². The summed E-state index contributed by atoms with van der Waals surface area (Å²) in [6, 6.07) is 6.79. The second-order valence-corrected chi connectivity index (χ2v) is 4.64. The molecular formula is C13H16N2O4. The number of amides is 1. The number of hydrogen-bond donors (Lipinski definition) is 3. The molecule has 19 heavy (non-hydrogen) atoms. The van der Waals surface area contributed by atoms with Gasteiger partial charge in [-0.3, -0.25) is 9.59 Å². The molecule has 0 spiro atoms. The van der Waals surface area contributed by atoms with E-state index >= 15 is 0 Å². The Kier molecular flexibility index (Phi) is 3.82. The van der Waals surface area contributed by atoms with Crippen LogP contribution in [0.4, 0.5) is 5.69 Å². The van der Waals surface area contributed by atoms with E-state index in [1.165, 1.54) is 0 Å². The van der Waals surface area contributed by atoms with Crippen LogP contribution in [0.15, 0.2) is 24.3 Å². The summed E-state index contributed by atoms with van der Waals surface area (Å²) in [4.78, 5) is 22.9. The quantitative estimate of drug-likeness (QED) is 0.729. The molecule has 6 heteroatoms. The fourth-order valence-corrected chi connectivity index (χ4v) is 1.97. The molecule has 0 bridgehead atoms. The predicted octanol–water partition coefficient (Wildman–Crippen LogP) is 0.370. The van der Waals surface area contributed by atoms with Crippen molar-refractivity contribution in [2.45, 2.75) is 18.4 Å². The van der Waals surface area contributed by atoms with E-state index in [0.717, 1.165) is 0 Å². The van der Waals surface area contributed by atoms with Gasteiger partial charge in [0.1, 0.15) is 5.54 Å². The van der Waals surface area contributed by atoms with Crippen molar-refractivity contribution in [3.05, 3.63) is 29.8 Å². The van der Waals surface area contributed by atoms with Crippen LogP contribution >= 0.6 is 0 Å². The standard InChI is InChI=1S/C13H16N2O4/c14-13(5-6-19-8-13)12(18)15-10-4-2-1-3-9(10)7-11(16)17/h1-4H,5-8,14H2,(H,15,18)(H,16,17). The Morgan fingerprint density at radius 2 is 2.16 bits per heavy atom. The Bertz CT molecular complexity index is 495. The van der Waals surface area contributed by atoms with Crippen LogP contribution in [0.25, 0.3) is 0 Å². The molecule has 1 saturated heterocycles. The smallest absolute Gasteiger partial charge is 0.307 e. The highest BCUT2D eigenvalue weighted by Gasteiger charge is 2.38. The molecule has 1 unspecified atom stereocenters. The van der Waals surface area contributed by atoms with E-state index in [-0.39, 0.29) is 18.9 Å². The molecule has 1 aromatic carbocycles. The number of carbonyl (C=O) groups excluding carboxylic acids is 1. The van der Waals surface area contributed by atoms with Crippen LogP contribution in [0.3, 0.4) is 0 Å². The lowest BCUT2D eigenvalue weighted by Gasteiger charge is -2.21. The van der Waals surface area contributed by atoms with Gasteiger partial charge in [-0.25, -0.2) is 0 Å². The average Bonchev–Trinajstić information content (AvgIpc) is 2.79. The third kappa shape index (κ3) is 3.10. The molecule has 1 aliphatic heterocycles. The number of ether oxygens (including phenoxy) is 1. The molecule has 1 amide bonds. The van der Waals surface area contributed by atoms with E-state index in [9.17, 15) is 9.59 Å². The number of carboxylic acids is 1. The number of benzene rings is 1. The first-order valence-corrected chi connectivity index (χ1v) is 5.99. The Morgan fingerprint density at radius 3 is 2.79 bits per heavy atom. The minimum Gasteiger partial charge on any atom is -0.481 e. The van der Waals surface area contributed by atoms with Crippen molar-refractivity contribution >= 4 is 17.6 Å². The molecule has 0 saturated carbocycles. The SMILES string of the molecule is NC1(C(=O)Nc2ccccc2CC(=O)O)CCOC1. The molecule has 102 valence electrons. The Labute approximate surface area is 110 Å². The van der Waals surface area contributed by atoms with Gasteiger partial charge in [0.2, 0.25) is 5.91 Å². The van der Waals surface area contributed by atoms with Crippen molar-refractivity contribution in [3.63, 3.8) is 0 Å². The Balaban J connectivity index is 2.14. The number of hydrogen-bond acceptors (Lipinski definition) is 4. The minimum atomic E-state index is -1.03. The molecule has 1 aliphatic rings. The third-order valence-electron chi connectivity index (χ3n) is 3.11. The second-order valence-electron chi connectivity index (χ2n) is 4.64. The molecule has 1 atom stereocenters. The molecule has 1 fully saturated rings. The van der Waals surface area contributed by atoms with Gasteiger partial charge >= 0.3 is 5.97 Å². The molecular weight excluding hydrogens is 248 g/mol. The molecule has 0 radical (unpaired) electrons. The van der Waals surface area contributed by atoms with Crippen LogP contribution in [-0.2, 0) is 20.7 Å². The number of aliphatic carboxylic acids is 1. The maximum absolute atomic E-state index is 12.1. The summed E-state index contributed by atoms with van der Waals surface area (Å²) < 4.78 is 5.13. The van der Waals surface area contributed by atoms with Crippen LogP contribution in [0, 0.1) is 0 Å². The fourth-order valence-electron chi connectivity index (χ4n) is 1.97. The Hall–Kier alpha value is -1.92. The van der Waals surface area contributed by atoms with Crippen LogP contribution in [0.2, 0.25) is 0 Å². The molecule has 1 heterocycles. The van der Waals surface area contributed by atoms with Gasteiger partial charge in [-0.05, 0) is 18.1 Å². The maximum Gasteiger partial charge on any atom is 0.307 e. The van der Waals surface area contributed by atoms with Gasteiger partial charge < -0.3 is 20.9 Å². The van der Waals surface area contributed by atoms with Crippen molar-refractivity contribution in [1.82, 2.24) is 0 Å². The molecule has 1 aromatic rings. The maximum atomic E-state index is 12.1. The first-order valence-electron chi connectivity index (χ1n) is 5.99. The lowest BCUT2D eigenvalue weighted by Crippen LogP contribution is -2.51. The van der Waals surface area contributed by atoms with Crippen molar-refractivity contribution in [2.75, 3.05) is 18.5 Å². The van der Waals surface area contributed by atoms with Crippen LogP contribution < -0.4 is 11.1 Å². The van der Waals surface area contributed by atoms with E-state index in [4.69, 9.17) is 15.6 Å². The van der Waals surface area contributed by atoms with Gasteiger partial charge in [-0.1, -0.05) is 18.2 Å². The summed E-state index contributed by atoms with van der Waals surface area (Å²) in [7, 11) is 0. The topological polar surface area (TPSA) is 102 Å². The largest absolute Gasteiger partial charge is 0.481 e. The van der Waals surface area contributed by atoms with E-state index < -0.39 is 11.5 Å². The molecule has 4 N–H and O–H groups in total. The average molecular weight is 264 g/mol. The molecule has 6 nitrogen and oxygen atoms in total.